The molecular formula is C21H28N2O4. The summed E-state index contributed by atoms with van der Waals surface area (Å²) in [4.78, 5) is 23.9. The number of methoxy groups -OCH3 is 1. The van der Waals surface area contributed by atoms with E-state index in [1.165, 1.54) is 7.11 Å². The Morgan fingerprint density at radius 2 is 1.81 bits per heavy atom. The fourth-order valence-electron chi connectivity index (χ4n) is 3.44. The van der Waals surface area contributed by atoms with Gasteiger partial charge in [-0.3, -0.25) is 4.79 Å². The zero-order valence-corrected chi connectivity index (χ0v) is 16.5. The van der Waals surface area contributed by atoms with Gasteiger partial charge in [0, 0.05) is 36.7 Å². The zero-order valence-electron chi connectivity index (χ0n) is 16.5. The molecule has 27 heavy (non-hydrogen) atoms. The molecule has 0 aliphatic carbocycles. The van der Waals surface area contributed by atoms with Crippen LogP contribution in [-0.2, 0) is 22.4 Å². The number of rotatable bonds is 9. The molecule has 0 radical (unpaired) electrons. The minimum atomic E-state index is -0.446. The fourth-order valence-corrected chi connectivity index (χ4v) is 3.44. The molecule has 6 heteroatoms. The van der Waals surface area contributed by atoms with Crippen molar-refractivity contribution in [3.8, 4) is 11.1 Å². The van der Waals surface area contributed by atoms with Gasteiger partial charge in [-0.2, -0.15) is 0 Å². The van der Waals surface area contributed by atoms with Gasteiger partial charge in [-0.25, -0.2) is 4.79 Å². The molecule has 1 aromatic heterocycles. The highest BCUT2D eigenvalue weighted by atomic mass is 16.5. The lowest BCUT2D eigenvalue weighted by Gasteiger charge is -2.12. The Hall–Kier alpha value is -2.60. The Morgan fingerprint density at radius 3 is 2.33 bits per heavy atom. The maximum absolute atomic E-state index is 12.2. The van der Waals surface area contributed by atoms with E-state index in [9.17, 15) is 9.59 Å². The topological polar surface area (TPSA) is 83.5 Å². The summed E-state index contributed by atoms with van der Waals surface area (Å²) in [6.07, 6.45) is 1.62. The molecule has 1 heterocycles. The Balaban J connectivity index is 2.50. The molecular weight excluding hydrogens is 344 g/mol. The SMILES string of the molecule is CCOCCCn1c(C)c(C(N)=O)c(-c2ccc(C(=O)OC)cc2)c1CC. The highest BCUT2D eigenvalue weighted by Crippen LogP contribution is 2.33. The van der Waals surface area contributed by atoms with E-state index >= 15 is 0 Å². The number of hydrogen-bond acceptors (Lipinski definition) is 4. The molecule has 0 saturated carbocycles. The molecule has 6 nitrogen and oxygen atoms in total. The van der Waals surface area contributed by atoms with E-state index in [0.29, 0.717) is 24.3 Å². The summed E-state index contributed by atoms with van der Waals surface area (Å²) in [6.45, 7) is 8.08. The van der Waals surface area contributed by atoms with Crippen LogP contribution in [0.25, 0.3) is 11.1 Å². The number of hydrogen-bond donors (Lipinski definition) is 1. The quantitative estimate of drug-likeness (QED) is 0.540. The van der Waals surface area contributed by atoms with Crippen LogP contribution in [0.4, 0.5) is 0 Å². The summed E-state index contributed by atoms with van der Waals surface area (Å²) < 4.78 is 12.3. The third-order valence-corrected chi connectivity index (χ3v) is 4.68. The standard InChI is InChI=1S/C21H28N2O4/c1-5-17-19(15-8-10-16(11-9-15)21(25)26-4)18(20(22)24)14(3)23(17)12-7-13-27-6-2/h8-11H,5-7,12-13H2,1-4H3,(H2,22,24). The molecule has 1 aromatic carbocycles. The second-order valence-corrected chi connectivity index (χ2v) is 6.27. The first-order chi connectivity index (χ1) is 13.0. The van der Waals surface area contributed by atoms with Crippen LogP contribution in [0.3, 0.4) is 0 Å². The lowest BCUT2D eigenvalue weighted by atomic mass is 9.98. The van der Waals surface area contributed by atoms with Gasteiger partial charge in [-0.1, -0.05) is 19.1 Å². The van der Waals surface area contributed by atoms with E-state index in [4.69, 9.17) is 15.2 Å². The normalized spacial score (nSPS) is 10.8. The van der Waals surface area contributed by atoms with Crippen molar-refractivity contribution in [3.63, 3.8) is 0 Å². The lowest BCUT2D eigenvalue weighted by molar-refractivity contribution is 0.0600. The van der Waals surface area contributed by atoms with E-state index in [1.807, 2.05) is 26.0 Å². The summed E-state index contributed by atoms with van der Waals surface area (Å²) in [6, 6.07) is 7.06. The van der Waals surface area contributed by atoms with Crippen LogP contribution in [-0.4, -0.2) is 36.8 Å². The van der Waals surface area contributed by atoms with Gasteiger partial charge in [0.1, 0.15) is 0 Å². The third-order valence-electron chi connectivity index (χ3n) is 4.68. The molecule has 0 unspecified atom stereocenters. The highest BCUT2D eigenvalue weighted by molar-refractivity contribution is 6.02. The Bertz CT molecular complexity index is 807. The average molecular weight is 372 g/mol. The molecule has 0 spiro atoms. The second-order valence-electron chi connectivity index (χ2n) is 6.27. The lowest BCUT2D eigenvalue weighted by Crippen LogP contribution is -2.14. The van der Waals surface area contributed by atoms with Crippen molar-refractivity contribution < 1.29 is 19.1 Å². The average Bonchev–Trinajstić information content (AvgIpc) is 2.96. The van der Waals surface area contributed by atoms with Crippen LogP contribution in [0.15, 0.2) is 24.3 Å². The van der Waals surface area contributed by atoms with Crippen LogP contribution in [0.2, 0.25) is 0 Å². The van der Waals surface area contributed by atoms with E-state index in [0.717, 1.165) is 41.9 Å². The highest BCUT2D eigenvalue weighted by Gasteiger charge is 2.24. The summed E-state index contributed by atoms with van der Waals surface area (Å²) in [7, 11) is 1.35. The van der Waals surface area contributed by atoms with Crippen molar-refractivity contribution in [2.75, 3.05) is 20.3 Å². The maximum Gasteiger partial charge on any atom is 0.337 e. The number of nitrogens with two attached hydrogens (primary N) is 1. The van der Waals surface area contributed by atoms with Gasteiger partial charge in [-0.15, -0.1) is 0 Å². The summed E-state index contributed by atoms with van der Waals surface area (Å²) in [5, 5.41) is 0. The van der Waals surface area contributed by atoms with E-state index < -0.39 is 11.9 Å². The molecule has 1 amide bonds. The predicted molar refractivity (Wildman–Crippen MR) is 105 cm³/mol. The molecule has 0 bridgehead atoms. The van der Waals surface area contributed by atoms with E-state index in [2.05, 4.69) is 11.5 Å². The Labute approximate surface area is 160 Å². The number of nitrogens with zero attached hydrogens (tertiary/aromatic N) is 1. The molecule has 0 aliphatic heterocycles. The van der Waals surface area contributed by atoms with Crippen LogP contribution < -0.4 is 5.73 Å². The summed E-state index contributed by atoms with van der Waals surface area (Å²) in [5.41, 5.74) is 10.3. The number of carbonyl (C=O) groups excluding carboxylic acids is 2. The molecule has 0 saturated heterocycles. The smallest absolute Gasteiger partial charge is 0.337 e. The number of aromatic nitrogens is 1. The summed E-state index contributed by atoms with van der Waals surface area (Å²) >= 11 is 0. The van der Waals surface area contributed by atoms with Crippen molar-refractivity contribution in [1.82, 2.24) is 4.57 Å². The van der Waals surface area contributed by atoms with Crippen molar-refractivity contribution in [3.05, 3.63) is 46.8 Å². The second kappa shape index (κ2) is 9.37. The monoisotopic (exact) mass is 372 g/mol. The van der Waals surface area contributed by atoms with E-state index in [1.54, 1.807) is 12.1 Å². The van der Waals surface area contributed by atoms with Crippen LogP contribution in [0.1, 0.15) is 52.4 Å². The van der Waals surface area contributed by atoms with Gasteiger partial charge in [0.2, 0.25) is 0 Å². The number of primary amides is 1. The van der Waals surface area contributed by atoms with Crippen molar-refractivity contribution >= 4 is 11.9 Å². The number of esters is 1. The van der Waals surface area contributed by atoms with Crippen molar-refractivity contribution in [1.29, 1.82) is 0 Å². The molecule has 2 aromatic rings. The first-order valence-corrected chi connectivity index (χ1v) is 9.24. The van der Waals surface area contributed by atoms with Gasteiger partial charge in [0.05, 0.1) is 18.2 Å². The van der Waals surface area contributed by atoms with Crippen molar-refractivity contribution in [2.24, 2.45) is 5.73 Å². The Kier molecular flexibility index (Phi) is 7.19. The van der Waals surface area contributed by atoms with Crippen LogP contribution in [0, 0.1) is 6.92 Å². The summed E-state index contributed by atoms with van der Waals surface area (Å²) in [5.74, 6) is -0.838. The number of ether oxygens (including phenoxy) is 2. The maximum atomic E-state index is 12.2. The Morgan fingerprint density at radius 1 is 1.15 bits per heavy atom. The van der Waals surface area contributed by atoms with Gasteiger partial charge >= 0.3 is 5.97 Å². The molecule has 0 aliphatic rings. The van der Waals surface area contributed by atoms with E-state index in [-0.39, 0.29) is 0 Å². The molecule has 0 fully saturated rings. The zero-order chi connectivity index (χ0) is 20.0. The first kappa shape index (κ1) is 20.7. The molecule has 2 rings (SSSR count). The molecule has 2 N–H and O–H groups in total. The first-order valence-electron chi connectivity index (χ1n) is 9.24. The van der Waals surface area contributed by atoms with Crippen LogP contribution >= 0.6 is 0 Å². The molecule has 146 valence electrons. The third kappa shape index (κ3) is 4.39. The van der Waals surface area contributed by atoms with Crippen molar-refractivity contribution in [2.45, 2.75) is 40.2 Å². The molecule has 0 atom stereocenters. The van der Waals surface area contributed by atoms with Gasteiger partial charge < -0.3 is 19.8 Å². The minimum Gasteiger partial charge on any atom is -0.465 e. The minimum absolute atomic E-state index is 0.392. The number of amides is 1. The predicted octanol–water partition coefficient (Wildman–Crippen LogP) is 3.34. The fraction of sp³-hybridized carbons (Fsp3) is 0.429. The van der Waals surface area contributed by atoms with Crippen LogP contribution in [0.5, 0.6) is 0 Å². The van der Waals surface area contributed by atoms with Gasteiger partial charge in [-0.05, 0) is 44.4 Å². The van der Waals surface area contributed by atoms with Gasteiger partial charge in [0.15, 0.2) is 0 Å². The number of carbonyl (C=O) groups is 2. The number of benzene rings is 1. The van der Waals surface area contributed by atoms with Gasteiger partial charge in [0.25, 0.3) is 5.91 Å². The largest absolute Gasteiger partial charge is 0.465 e.